The molecular formula is C9H16BrN3O. The van der Waals surface area contributed by atoms with Crippen molar-refractivity contribution in [1.82, 2.24) is 15.3 Å². The molecule has 1 N–H and O–H groups in total. The first-order valence-electron chi connectivity index (χ1n) is 4.75. The molecule has 0 aromatic carbocycles. The molecule has 1 aromatic rings. The number of halogens is 1. The first-order valence-corrected chi connectivity index (χ1v) is 5.54. The highest BCUT2D eigenvalue weighted by Crippen LogP contribution is 2.21. The third-order valence-electron chi connectivity index (χ3n) is 1.99. The van der Waals surface area contributed by atoms with Crippen molar-refractivity contribution in [2.45, 2.75) is 26.8 Å². The van der Waals surface area contributed by atoms with Crippen molar-refractivity contribution in [3.63, 3.8) is 0 Å². The molecule has 4 nitrogen and oxygen atoms in total. The van der Waals surface area contributed by atoms with Crippen LogP contribution in [0.3, 0.4) is 0 Å². The maximum Gasteiger partial charge on any atom is 0.0767 e. The number of rotatable bonds is 5. The lowest BCUT2D eigenvalue weighted by Gasteiger charge is -2.04. The number of hydrogen-bond donors (Lipinski definition) is 1. The number of nitrogens with one attached hydrogen (secondary N) is 1. The van der Waals surface area contributed by atoms with Gasteiger partial charge in [0.2, 0.25) is 0 Å². The van der Waals surface area contributed by atoms with E-state index in [4.69, 9.17) is 4.84 Å². The second-order valence-electron chi connectivity index (χ2n) is 2.94. The fourth-order valence-corrected chi connectivity index (χ4v) is 1.99. The minimum Gasteiger partial charge on any atom is -0.302 e. The van der Waals surface area contributed by atoms with Crippen molar-refractivity contribution in [3.8, 4) is 0 Å². The van der Waals surface area contributed by atoms with Gasteiger partial charge in [0, 0.05) is 7.05 Å². The lowest BCUT2D eigenvalue weighted by atomic mass is 10.3. The van der Waals surface area contributed by atoms with E-state index in [0.717, 1.165) is 22.3 Å². The summed E-state index contributed by atoms with van der Waals surface area (Å²) in [7, 11) is 1.94. The van der Waals surface area contributed by atoms with E-state index in [1.54, 1.807) is 0 Å². The van der Waals surface area contributed by atoms with Crippen LogP contribution in [0.5, 0.6) is 0 Å². The smallest absolute Gasteiger partial charge is 0.0767 e. The van der Waals surface area contributed by atoms with Gasteiger partial charge in [0.25, 0.3) is 0 Å². The normalized spacial score (nSPS) is 10.9. The van der Waals surface area contributed by atoms with E-state index in [-0.39, 0.29) is 0 Å². The molecule has 0 aliphatic heterocycles. The molecule has 0 fully saturated rings. The zero-order valence-corrected chi connectivity index (χ0v) is 10.4. The van der Waals surface area contributed by atoms with E-state index in [1.165, 1.54) is 0 Å². The zero-order valence-electron chi connectivity index (χ0n) is 8.80. The molecule has 0 unspecified atom stereocenters. The summed E-state index contributed by atoms with van der Waals surface area (Å²) in [4.78, 5) is 5.08. The van der Waals surface area contributed by atoms with Crippen molar-refractivity contribution in [3.05, 3.63) is 15.9 Å². The summed E-state index contributed by atoms with van der Waals surface area (Å²) in [6.07, 6.45) is 0.934. The molecule has 0 saturated carbocycles. The predicted molar refractivity (Wildman–Crippen MR) is 58.8 cm³/mol. The van der Waals surface area contributed by atoms with Crippen molar-refractivity contribution in [2.75, 3.05) is 6.61 Å². The van der Waals surface area contributed by atoms with Gasteiger partial charge in [-0.15, -0.1) is 0 Å². The first kappa shape index (κ1) is 11.7. The third-order valence-corrected chi connectivity index (χ3v) is 2.90. The zero-order chi connectivity index (χ0) is 10.6. The average Bonchev–Trinajstić information content (AvgIpc) is 2.45. The molecule has 0 radical (unpaired) electrons. The molecule has 14 heavy (non-hydrogen) atoms. The van der Waals surface area contributed by atoms with Crippen LogP contribution >= 0.6 is 15.9 Å². The lowest BCUT2D eigenvalue weighted by Crippen LogP contribution is -2.16. The van der Waals surface area contributed by atoms with Gasteiger partial charge in [0.15, 0.2) is 0 Å². The number of aryl methyl sites for hydroxylation is 2. The van der Waals surface area contributed by atoms with Crippen LogP contribution in [0.1, 0.15) is 25.2 Å². The molecule has 0 aliphatic carbocycles. The molecule has 1 heterocycles. The fraction of sp³-hybridized carbons (Fsp3) is 0.667. The molecule has 0 bridgehead atoms. The van der Waals surface area contributed by atoms with Gasteiger partial charge < -0.3 is 4.84 Å². The van der Waals surface area contributed by atoms with Gasteiger partial charge in [-0.2, -0.15) is 10.6 Å². The second-order valence-corrected chi connectivity index (χ2v) is 3.73. The topological polar surface area (TPSA) is 39.1 Å². The van der Waals surface area contributed by atoms with Crippen LogP contribution in [-0.4, -0.2) is 16.4 Å². The molecule has 80 valence electrons. The van der Waals surface area contributed by atoms with Gasteiger partial charge in [-0.05, 0) is 29.3 Å². The summed E-state index contributed by atoms with van der Waals surface area (Å²) >= 11 is 3.54. The molecule has 0 saturated heterocycles. The monoisotopic (exact) mass is 261 g/mol. The number of hydroxylamine groups is 1. The van der Waals surface area contributed by atoms with Crippen LogP contribution in [-0.2, 0) is 24.9 Å². The molecule has 1 rings (SSSR count). The highest BCUT2D eigenvalue weighted by molar-refractivity contribution is 9.10. The average molecular weight is 262 g/mol. The Bertz CT molecular complexity index is 298. The van der Waals surface area contributed by atoms with Crippen LogP contribution in [0, 0.1) is 0 Å². The van der Waals surface area contributed by atoms with E-state index in [9.17, 15) is 0 Å². The number of aromatic nitrogens is 2. The first-order chi connectivity index (χ1) is 6.70. The van der Waals surface area contributed by atoms with Crippen molar-refractivity contribution in [1.29, 1.82) is 0 Å². The Hall–Kier alpha value is -0.390. The molecule has 0 spiro atoms. The van der Waals surface area contributed by atoms with E-state index in [0.29, 0.717) is 13.2 Å². The third kappa shape index (κ3) is 2.56. The van der Waals surface area contributed by atoms with Crippen molar-refractivity contribution in [2.24, 2.45) is 7.05 Å². The van der Waals surface area contributed by atoms with Crippen LogP contribution in [0.2, 0.25) is 0 Å². The molecular weight excluding hydrogens is 246 g/mol. The summed E-state index contributed by atoms with van der Waals surface area (Å²) < 4.78 is 2.95. The predicted octanol–water partition coefficient (Wildman–Crippen LogP) is 1.79. The van der Waals surface area contributed by atoms with Gasteiger partial charge in [-0.1, -0.05) is 6.92 Å². The van der Waals surface area contributed by atoms with E-state index < -0.39 is 0 Å². The minimum atomic E-state index is 0.663. The Labute approximate surface area is 92.7 Å². The van der Waals surface area contributed by atoms with E-state index in [2.05, 4.69) is 33.4 Å². The summed E-state index contributed by atoms with van der Waals surface area (Å²) in [6, 6.07) is 0. The van der Waals surface area contributed by atoms with E-state index in [1.807, 2.05) is 18.7 Å². The summed E-state index contributed by atoms with van der Waals surface area (Å²) in [5, 5.41) is 4.38. The van der Waals surface area contributed by atoms with Gasteiger partial charge in [-0.25, -0.2) is 0 Å². The largest absolute Gasteiger partial charge is 0.302 e. The maximum absolute atomic E-state index is 5.08. The Morgan fingerprint density at radius 1 is 1.50 bits per heavy atom. The van der Waals surface area contributed by atoms with E-state index >= 15 is 0 Å². The minimum absolute atomic E-state index is 0.663. The Kier molecular flexibility index (Phi) is 4.57. The van der Waals surface area contributed by atoms with Gasteiger partial charge in [0.05, 0.1) is 29.0 Å². The fourth-order valence-electron chi connectivity index (χ4n) is 1.23. The lowest BCUT2D eigenvalue weighted by molar-refractivity contribution is 0.0448. The van der Waals surface area contributed by atoms with Crippen LogP contribution in [0.15, 0.2) is 4.47 Å². The van der Waals surface area contributed by atoms with Crippen LogP contribution in [0.25, 0.3) is 0 Å². The van der Waals surface area contributed by atoms with Gasteiger partial charge in [-0.3, -0.25) is 4.68 Å². The quantitative estimate of drug-likeness (QED) is 0.649. The SMILES string of the molecule is CCONCc1c(Br)c(CC)nn1C. The number of hydrogen-bond acceptors (Lipinski definition) is 3. The maximum atomic E-state index is 5.08. The summed E-state index contributed by atoms with van der Waals surface area (Å²) in [6.45, 7) is 5.36. The van der Waals surface area contributed by atoms with Gasteiger partial charge in [0.1, 0.15) is 0 Å². The molecule has 1 aromatic heterocycles. The van der Waals surface area contributed by atoms with Crippen molar-refractivity contribution >= 4 is 15.9 Å². The summed E-state index contributed by atoms with van der Waals surface area (Å²) in [5.41, 5.74) is 5.07. The Morgan fingerprint density at radius 2 is 2.21 bits per heavy atom. The standard InChI is InChI=1S/C9H16BrN3O/c1-4-7-9(10)8(13(3)12-7)6-11-14-5-2/h11H,4-6H2,1-3H3. The molecule has 0 aliphatic rings. The highest BCUT2D eigenvalue weighted by atomic mass is 79.9. The second kappa shape index (κ2) is 5.48. The van der Waals surface area contributed by atoms with Gasteiger partial charge >= 0.3 is 0 Å². The molecule has 0 amide bonds. The number of nitrogens with zero attached hydrogens (tertiary/aromatic N) is 2. The van der Waals surface area contributed by atoms with Crippen molar-refractivity contribution < 1.29 is 4.84 Å². The Morgan fingerprint density at radius 3 is 2.71 bits per heavy atom. The molecule has 5 heteroatoms. The van der Waals surface area contributed by atoms with Crippen LogP contribution < -0.4 is 5.48 Å². The molecule has 0 atom stereocenters. The Balaban J connectivity index is 2.70. The van der Waals surface area contributed by atoms with Crippen LogP contribution in [0.4, 0.5) is 0 Å². The highest BCUT2D eigenvalue weighted by Gasteiger charge is 2.11. The summed E-state index contributed by atoms with van der Waals surface area (Å²) in [5.74, 6) is 0.